The zero-order valence-electron chi connectivity index (χ0n) is 8.90. The van der Waals surface area contributed by atoms with Crippen molar-refractivity contribution in [1.29, 1.82) is 0 Å². The first-order chi connectivity index (χ1) is 8.63. The van der Waals surface area contributed by atoms with Gasteiger partial charge in [0.05, 0.1) is 0 Å². The van der Waals surface area contributed by atoms with Crippen molar-refractivity contribution in [3.05, 3.63) is 11.1 Å². The van der Waals surface area contributed by atoms with Crippen LogP contribution in [-0.4, -0.2) is 30.4 Å². The zero-order chi connectivity index (χ0) is 16.5. The van der Waals surface area contributed by atoms with Gasteiger partial charge in [0.1, 0.15) is 11.5 Å². The standard InChI is InChI=1S/C8H4ClF11/c9-2(4(11)12)3(10)8(19,20)5(13)6(14,15)1-7(16,17)18/h3,5H,1H2. The minimum atomic E-state index is -5.88. The molecule has 12 heteroatoms. The highest BCUT2D eigenvalue weighted by atomic mass is 35.5. The summed E-state index contributed by atoms with van der Waals surface area (Å²) in [7, 11) is 0. The van der Waals surface area contributed by atoms with Gasteiger partial charge >= 0.3 is 12.1 Å². The SMILES string of the molecule is FC(F)=C(Cl)C(F)C(F)(F)C(F)C(F)(F)CC(F)(F)F. The third kappa shape index (κ3) is 4.67. The Kier molecular flexibility index (Phi) is 5.72. The van der Waals surface area contributed by atoms with E-state index in [-0.39, 0.29) is 0 Å². The van der Waals surface area contributed by atoms with Gasteiger partial charge in [-0.3, -0.25) is 0 Å². The van der Waals surface area contributed by atoms with E-state index in [1.54, 1.807) is 0 Å². The molecule has 0 bridgehead atoms. The van der Waals surface area contributed by atoms with Crippen molar-refractivity contribution in [2.24, 2.45) is 0 Å². The molecule has 0 nitrogen and oxygen atoms in total. The van der Waals surface area contributed by atoms with Crippen molar-refractivity contribution < 1.29 is 48.3 Å². The largest absolute Gasteiger partial charge is 0.394 e. The molecule has 2 unspecified atom stereocenters. The summed E-state index contributed by atoms with van der Waals surface area (Å²) < 4.78 is 135. The first kappa shape index (κ1) is 19.3. The summed E-state index contributed by atoms with van der Waals surface area (Å²) in [6.45, 7) is 0. The summed E-state index contributed by atoms with van der Waals surface area (Å²) in [5.74, 6) is -11.6. The molecule has 0 spiro atoms. The van der Waals surface area contributed by atoms with Gasteiger partial charge in [-0.05, 0) is 0 Å². The number of rotatable bonds is 5. The summed E-state index contributed by atoms with van der Waals surface area (Å²) in [4.78, 5) is 0. The van der Waals surface area contributed by atoms with E-state index in [1.807, 2.05) is 0 Å². The van der Waals surface area contributed by atoms with Crippen LogP contribution in [0.3, 0.4) is 0 Å². The van der Waals surface area contributed by atoms with Gasteiger partial charge < -0.3 is 0 Å². The van der Waals surface area contributed by atoms with Crippen LogP contribution < -0.4 is 0 Å². The molecule has 20 heavy (non-hydrogen) atoms. The van der Waals surface area contributed by atoms with Crippen LogP contribution in [0.4, 0.5) is 48.3 Å². The van der Waals surface area contributed by atoms with Crippen LogP contribution in [0.2, 0.25) is 0 Å². The zero-order valence-corrected chi connectivity index (χ0v) is 9.65. The normalized spacial score (nSPS) is 16.8. The van der Waals surface area contributed by atoms with E-state index in [4.69, 9.17) is 0 Å². The van der Waals surface area contributed by atoms with Crippen molar-refractivity contribution >= 4 is 11.6 Å². The average Bonchev–Trinajstić information content (AvgIpc) is 2.22. The molecule has 0 aromatic heterocycles. The quantitative estimate of drug-likeness (QED) is 0.599. The highest BCUT2D eigenvalue weighted by Crippen LogP contribution is 2.45. The number of hydrogen-bond acceptors (Lipinski definition) is 0. The van der Waals surface area contributed by atoms with Gasteiger partial charge in [0.25, 0.3) is 12.0 Å². The van der Waals surface area contributed by atoms with Crippen LogP contribution in [0.1, 0.15) is 6.42 Å². The number of halogens is 12. The Morgan fingerprint density at radius 3 is 1.60 bits per heavy atom. The van der Waals surface area contributed by atoms with Crippen molar-refractivity contribution in [2.75, 3.05) is 0 Å². The maximum atomic E-state index is 12.8. The van der Waals surface area contributed by atoms with Crippen LogP contribution in [0.5, 0.6) is 0 Å². The van der Waals surface area contributed by atoms with Gasteiger partial charge in [0.2, 0.25) is 12.3 Å². The van der Waals surface area contributed by atoms with E-state index in [9.17, 15) is 48.3 Å². The lowest BCUT2D eigenvalue weighted by molar-refractivity contribution is -0.246. The highest BCUT2D eigenvalue weighted by molar-refractivity contribution is 6.30. The van der Waals surface area contributed by atoms with Gasteiger partial charge in [-0.25, -0.2) is 17.6 Å². The Morgan fingerprint density at radius 1 is 0.900 bits per heavy atom. The second-order valence-electron chi connectivity index (χ2n) is 3.56. The molecule has 0 saturated carbocycles. The fourth-order valence-electron chi connectivity index (χ4n) is 1.03. The Labute approximate surface area is 109 Å². The molecule has 0 fully saturated rings. The van der Waals surface area contributed by atoms with Gasteiger partial charge in [0.15, 0.2) is 0 Å². The Balaban J connectivity index is 5.35. The lowest BCUT2D eigenvalue weighted by atomic mass is 10.0. The number of alkyl halides is 9. The predicted octanol–water partition coefficient (Wildman–Crippen LogP) is 5.23. The molecule has 0 heterocycles. The Hall–Kier alpha value is -0.740. The molecule has 0 N–H and O–H groups in total. The molecule has 0 radical (unpaired) electrons. The second-order valence-corrected chi connectivity index (χ2v) is 3.97. The van der Waals surface area contributed by atoms with Crippen LogP contribution >= 0.6 is 11.6 Å². The molecular weight excluding hydrogens is 341 g/mol. The molecule has 0 aliphatic heterocycles. The van der Waals surface area contributed by atoms with Crippen LogP contribution in [-0.2, 0) is 0 Å². The average molecular weight is 345 g/mol. The Bertz CT molecular complexity index is 367. The molecule has 0 aliphatic rings. The first-order valence-corrected chi connectivity index (χ1v) is 4.82. The predicted molar refractivity (Wildman–Crippen MR) is 45.5 cm³/mol. The lowest BCUT2D eigenvalue weighted by Crippen LogP contribution is -2.51. The Morgan fingerprint density at radius 2 is 1.30 bits per heavy atom. The molecule has 0 amide bonds. The topological polar surface area (TPSA) is 0 Å². The minimum absolute atomic E-state index is 2.57. The van der Waals surface area contributed by atoms with E-state index < -0.39 is 47.9 Å². The lowest BCUT2D eigenvalue weighted by Gasteiger charge is -2.29. The fourth-order valence-corrected chi connectivity index (χ4v) is 1.18. The summed E-state index contributed by atoms with van der Waals surface area (Å²) in [6, 6.07) is 0. The van der Waals surface area contributed by atoms with Crippen LogP contribution in [0, 0.1) is 0 Å². The maximum absolute atomic E-state index is 12.8. The third-order valence-corrected chi connectivity index (χ3v) is 2.22. The molecule has 0 aromatic carbocycles. The highest BCUT2D eigenvalue weighted by Gasteiger charge is 2.63. The number of allylic oxidation sites excluding steroid dienone is 1. The van der Waals surface area contributed by atoms with Crippen molar-refractivity contribution in [1.82, 2.24) is 0 Å². The monoisotopic (exact) mass is 344 g/mol. The van der Waals surface area contributed by atoms with E-state index >= 15 is 0 Å². The summed E-state index contributed by atoms with van der Waals surface area (Å²) in [6.07, 6.45) is -21.7. The van der Waals surface area contributed by atoms with Crippen molar-refractivity contribution in [3.63, 3.8) is 0 Å². The minimum Gasteiger partial charge on any atom is -0.234 e. The van der Waals surface area contributed by atoms with Gasteiger partial charge in [-0.15, -0.1) is 0 Å². The van der Waals surface area contributed by atoms with E-state index in [0.717, 1.165) is 0 Å². The van der Waals surface area contributed by atoms with Crippen molar-refractivity contribution in [2.45, 2.75) is 36.8 Å². The maximum Gasteiger partial charge on any atom is 0.394 e. The number of hydrogen-bond donors (Lipinski definition) is 0. The van der Waals surface area contributed by atoms with Crippen LogP contribution in [0.25, 0.3) is 0 Å². The van der Waals surface area contributed by atoms with E-state index in [0.29, 0.717) is 0 Å². The molecule has 2 atom stereocenters. The third-order valence-electron chi connectivity index (χ3n) is 1.89. The summed E-state index contributed by atoms with van der Waals surface area (Å²) in [5, 5.41) is -2.57. The summed E-state index contributed by atoms with van der Waals surface area (Å²) in [5.41, 5.74) is 0. The molecule has 0 rings (SSSR count). The molecular formula is C8H4ClF11. The second kappa shape index (κ2) is 5.94. The first-order valence-electron chi connectivity index (χ1n) is 4.44. The van der Waals surface area contributed by atoms with E-state index in [1.165, 1.54) is 0 Å². The van der Waals surface area contributed by atoms with Gasteiger partial charge in [-0.1, -0.05) is 11.6 Å². The summed E-state index contributed by atoms with van der Waals surface area (Å²) >= 11 is 4.32. The molecule has 0 aromatic rings. The fraction of sp³-hybridized carbons (Fsp3) is 0.750. The van der Waals surface area contributed by atoms with Gasteiger partial charge in [0, 0.05) is 0 Å². The van der Waals surface area contributed by atoms with Crippen molar-refractivity contribution in [3.8, 4) is 0 Å². The molecule has 0 saturated heterocycles. The molecule has 0 aliphatic carbocycles. The van der Waals surface area contributed by atoms with Gasteiger partial charge in [-0.2, -0.15) is 30.7 Å². The smallest absolute Gasteiger partial charge is 0.234 e. The molecule has 120 valence electrons. The van der Waals surface area contributed by atoms with E-state index in [2.05, 4.69) is 11.6 Å². The van der Waals surface area contributed by atoms with Crippen LogP contribution in [0.15, 0.2) is 11.1 Å².